The van der Waals surface area contributed by atoms with Gasteiger partial charge in [0.25, 0.3) is 0 Å². The summed E-state index contributed by atoms with van der Waals surface area (Å²) < 4.78 is 0. The first-order valence-electron chi connectivity index (χ1n) is 2.12. The minimum Gasteiger partial charge on any atom is -0.346 e. The predicted molar refractivity (Wildman–Crippen MR) is 33.1 cm³/mol. The van der Waals surface area contributed by atoms with Crippen molar-refractivity contribution in [3.05, 3.63) is 20.8 Å². The number of hydrogen-bond acceptors (Lipinski definition) is 0. The van der Waals surface area contributed by atoms with E-state index in [4.69, 9.17) is 0 Å². The van der Waals surface area contributed by atoms with Gasteiger partial charge in [-0.3, -0.25) is 0 Å². The number of hydrogen-bond donors (Lipinski definition) is 0. The van der Waals surface area contributed by atoms with Gasteiger partial charge in [0.15, 0.2) is 0 Å². The summed E-state index contributed by atoms with van der Waals surface area (Å²) in [7, 11) is 0. The monoisotopic (exact) mass is 151 g/mol. The van der Waals surface area contributed by atoms with Gasteiger partial charge in [-0.15, -0.1) is 0 Å². The van der Waals surface area contributed by atoms with E-state index in [9.17, 15) is 0 Å². The van der Waals surface area contributed by atoms with Crippen molar-refractivity contribution in [3.63, 3.8) is 0 Å². The average molecular weight is 153 g/mol. The molecule has 0 rings (SSSR count). The summed E-state index contributed by atoms with van der Waals surface area (Å²) in [5.41, 5.74) is 0. The molecule has 0 spiro atoms. The largest absolute Gasteiger partial charge is 0.346 e. The molecule has 0 aliphatic carbocycles. The van der Waals surface area contributed by atoms with Gasteiger partial charge in [-0.25, -0.2) is 0 Å². The summed E-state index contributed by atoms with van der Waals surface area (Å²) in [6.07, 6.45) is 0. The molecule has 7 heavy (non-hydrogen) atoms. The quantitative estimate of drug-likeness (QED) is 0.370. The summed E-state index contributed by atoms with van der Waals surface area (Å²) >= 11 is 0. The Kier molecular flexibility index (Phi) is 1960. The molecule has 1 heteroatoms. The second-order valence-corrected chi connectivity index (χ2v) is 0. The maximum absolute atomic E-state index is 3.25. The van der Waals surface area contributed by atoms with E-state index in [1.54, 1.807) is 20.8 Å². The van der Waals surface area contributed by atoms with Crippen molar-refractivity contribution in [2.24, 2.45) is 0 Å². The third kappa shape index (κ3) is 364. The van der Waals surface area contributed by atoms with E-state index in [1.165, 1.54) is 0 Å². The molecule has 0 saturated heterocycles. The van der Waals surface area contributed by atoms with Gasteiger partial charge >= 0.3 is 0 Å². The third-order valence-corrected chi connectivity index (χ3v) is 0. The maximum atomic E-state index is 3.25. The van der Waals surface area contributed by atoms with Crippen LogP contribution in [-0.4, -0.2) is 0 Å². The standard InChI is InChI=1S/3C2H5.Zn/c3*1-2;/h3*1H2,2H3;/q3*-1;. The van der Waals surface area contributed by atoms with E-state index in [0.717, 1.165) is 0 Å². The molecule has 0 aromatic rings. The minimum absolute atomic E-state index is 0. The van der Waals surface area contributed by atoms with Crippen LogP contribution in [0.1, 0.15) is 20.8 Å². The van der Waals surface area contributed by atoms with Crippen molar-refractivity contribution >= 4 is 0 Å². The zero-order valence-corrected chi connectivity index (χ0v) is 8.80. The van der Waals surface area contributed by atoms with Crippen LogP contribution in [-0.2, 0) is 19.5 Å². The zero-order valence-electron chi connectivity index (χ0n) is 5.83. The van der Waals surface area contributed by atoms with E-state index in [2.05, 4.69) is 20.8 Å². The van der Waals surface area contributed by atoms with Crippen LogP contribution in [0, 0.1) is 20.8 Å². The van der Waals surface area contributed by atoms with Gasteiger partial charge in [0.1, 0.15) is 0 Å². The topological polar surface area (TPSA) is 0 Å². The molecule has 0 bridgehead atoms. The van der Waals surface area contributed by atoms with Crippen LogP contribution >= 0.6 is 0 Å². The molecule has 0 saturated carbocycles. The Balaban J connectivity index is -0.00000000900. The van der Waals surface area contributed by atoms with Crippen LogP contribution in [0.25, 0.3) is 0 Å². The van der Waals surface area contributed by atoms with Gasteiger partial charge in [-0.1, -0.05) is 0 Å². The fraction of sp³-hybridized carbons (Fsp3) is 0.500. The molecule has 44 valence electrons. The second kappa shape index (κ2) is 539. The first-order valence-corrected chi connectivity index (χ1v) is 2.12. The second-order valence-electron chi connectivity index (χ2n) is 0. The summed E-state index contributed by atoms with van der Waals surface area (Å²) in [5.74, 6) is 0. The fourth-order valence-corrected chi connectivity index (χ4v) is 0. The fourth-order valence-electron chi connectivity index (χ4n) is 0. The molecule has 0 heterocycles. The van der Waals surface area contributed by atoms with E-state index < -0.39 is 0 Å². The van der Waals surface area contributed by atoms with Crippen LogP contribution in [0.3, 0.4) is 0 Å². The van der Waals surface area contributed by atoms with Crippen molar-refractivity contribution in [1.82, 2.24) is 0 Å². The molecular formula is C6H15Zn-3. The van der Waals surface area contributed by atoms with E-state index >= 15 is 0 Å². The molecule has 0 amide bonds. The predicted octanol–water partition coefficient (Wildman–Crippen LogP) is 2.52. The van der Waals surface area contributed by atoms with Gasteiger partial charge in [0, 0.05) is 19.5 Å². The van der Waals surface area contributed by atoms with Crippen molar-refractivity contribution < 1.29 is 19.5 Å². The molecule has 0 nitrogen and oxygen atoms in total. The molecular weight excluding hydrogens is 137 g/mol. The first kappa shape index (κ1) is 25.5. The van der Waals surface area contributed by atoms with Crippen LogP contribution in [0.5, 0.6) is 0 Å². The normalized spacial score (nSPS) is 2.57. The summed E-state index contributed by atoms with van der Waals surface area (Å²) in [6.45, 7) is 15.0. The van der Waals surface area contributed by atoms with Crippen LogP contribution in [0.4, 0.5) is 0 Å². The van der Waals surface area contributed by atoms with E-state index in [1.807, 2.05) is 0 Å². The van der Waals surface area contributed by atoms with Crippen molar-refractivity contribution in [1.29, 1.82) is 0 Å². The molecule has 0 aliphatic rings. The van der Waals surface area contributed by atoms with Crippen molar-refractivity contribution in [2.45, 2.75) is 20.8 Å². The molecule has 0 fully saturated rings. The van der Waals surface area contributed by atoms with Gasteiger partial charge in [-0.05, 0) is 0 Å². The Morgan fingerprint density at radius 3 is 0.571 bits per heavy atom. The summed E-state index contributed by atoms with van der Waals surface area (Å²) in [4.78, 5) is 0. The smallest absolute Gasteiger partial charge is 0 e. The third-order valence-electron chi connectivity index (χ3n) is 0. The molecule has 0 aromatic carbocycles. The van der Waals surface area contributed by atoms with Crippen molar-refractivity contribution in [2.75, 3.05) is 0 Å². The Hall–Kier alpha value is 0.623. The Bertz CT molecular complexity index is 4.14. The molecule has 0 N–H and O–H groups in total. The Labute approximate surface area is 61.5 Å². The maximum Gasteiger partial charge on any atom is 0 e. The molecule has 0 unspecified atom stereocenters. The molecule has 0 radical (unpaired) electrons. The first-order chi connectivity index (χ1) is 3.00. The van der Waals surface area contributed by atoms with Crippen LogP contribution in [0.15, 0.2) is 0 Å². The molecule has 0 aliphatic heterocycles. The Morgan fingerprint density at radius 2 is 0.571 bits per heavy atom. The zero-order chi connectivity index (χ0) is 6.00. The average Bonchev–Trinajstić information content (AvgIpc) is 1.81. The van der Waals surface area contributed by atoms with Gasteiger partial charge in [0.05, 0.1) is 0 Å². The summed E-state index contributed by atoms with van der Waals surface area (Å²) in [6, 6.07) is 0. The van der Waals surface area contributed by atoms with Crippen LogP contribution in [0.2, 0.25) is 0 Å². The van der Waals surface area contributed by atoms with Gasteiger partial charge in [-0.2, -0.15) is 20.8 Å². The van der Waals surface area contributed by atoms with Gasteiger partial charge in [0.2, 0.25) is 0 Å². The molecule has 0 aromatic heterocycles. The van der Waals surface area contributed by atoms with E-state index in [0.29, 0.717) is 0 Å². The number of rotatable bonds is 0. The van der Waals surface area contributed by atoms with Crippen molar-refractivity contribution in [3.8, 4) is 0 Å². The van der Waals surface area contributed by atoms with Crippen LogP contribution < -0.4 is 0 Å². The molecule has 0 atom stereocenters. The summed E-state index contributed by atoms with van der Waals surface area (Å²) in [5, 5.41) is 0. The van der Waals surface area contributed by atoms with E-state index in [-0.39, 0.29) is 19.5 Å². The SMILES string of the molecule is [CH2-]C.[CH2-]C.[CH2-]C.[Zn]. The van der Waals surface area contributed by atoms with Gasteiger partial charge < -0.3 is 20.8 Å². The Morgan fingerprint density at radius 1 is 0.571 bits per heavy atom. The minimum atomic E-state index is 0.